The molecule has 1 rings (SSSR count). The third kappa shape index (κ3) is 5.07. The molecule has 0 spiro atoms. The highest BCUT2D eigenvalue weighted by Crippen LogP contribution is 2.24. The molecule has 0 aliphatic rings. The zero-order chi connectivity index (χ0) is 14.4. The molecule has 19 heavy (non-hydrogen) atoms. The molecule has 1 aromatic carbocycles. The van der Waals surface area contributed by atoms with Gasteiger partial charge in [0.1, 0.15) is 5.82 Å². The van der Waals surface area contributed by atoms with Crippen LogP contribution in [0.4, 0.5) is 4.39 Å². The molecule has 1 amide bonds. The lowest BCUT2D eigenvalue weighted by Gasteiger charge is -2.24. The number of benzene rings is 1. The SMILES string of the molecule is C=C(C)CN(CC)C(=O)C(C)Sc1ccc(F)cc1. The molecule has 0 bridgehead atoms. The van der Waals surface area contributed by atoms with E-state index in [2.05, 4.69) is 6.58 Å². The van der Waals surface area contributed by atoms with E-state index in [0.29, 0.717) is 13.1 Å². The molecule has 4 heteroatoms. The van der Waals surface area contributed by atoms with Crippen LogP contribution < -0.4 is 0 Å². The Morgan fingerprint density at radius 1 is 1.42 bits per heavy atom. The molecule has 104 valence electrons. The maximum Gasteiger partial charge on any atom is 0.236 e. The molecule has 0 saturated heterocycles. The quantitative estimate of drug-likeness (QED) is 0.585. The third-order valence-corrected chi connectivity index (χ3v) is 3.73. The van der Waals surface area contributed by atoms with Gasteiger partial charge in [0.15, 0.2) is 0 Å². The van der Waals surface area contributed by atoms with Crippen LogP contribution in [0.25, 0.3) is 0 Å². The Morgan fingerprint density at radius 2 is 2.00 bits per heavy atom. The second kappa shape index (κ2) is 7.34. The Labute approximate surface area is 118 Å². The van der Waals surface area contributed by atoms with Crippen LogP contribution in [0.1, 0.15) is 20.8 Å². The molecule has 0 radical (unpaired) electrons. The van der Waals surface area contributed by atoms with Crippen LogP contribution in [0.2, 0.25) is 0 Å². The second-order valence-electron chi connectivity index (χ2n) is 4.52. The number of hydrogen-bond donors (Lipinski definition) is 0. The van der Waals surface area contributed by atoms with Crippen LogP contribution in [0.5, 0.6) is 0 Å². The molecule has 1 aromatic rings. The molecule has 1 unspecified atom stereocenters. The summed E-state index contributed by atoms with van der Waals surface area (Å²) in [5.74, 6) is -0.180. The topological polar surface area (TPSA) is 20.3 Å². The zero-order valence-electron chi connectivity index (χ0n) is 11.6. The largest absolute Gasteiger partial charge is 0.338 e. The molecule has 1 atom stereocenters. The fourth-order valence-corrected chi connectivity index (χ4v) is 2.65. The normalized spacial score (nSPS) is 12.0. The number of hydrogen-bond acceptors (Lipinski definition) is 2. The number of amides is 1. The van der Waals surface area contributed by atoms with Crippen LogP contribution in [0.3, 0.4) is 0 Å². The van der Waals surface area contributed by atoms with Gasteiger partial charge in [-0.3, -0.25) is 4.79 Å². The van der Waals surface area contributed by atoms with Gasteiger partial charge in [-0.25, -0.2) is 4.39 Å². The van der Waals surface area contributed by atoms with Crippen LogP contribution >= 0.6 is 11.8 Å². The summed E-state index contributed by atoms with van der Waals surface area (Å²) in [6.45, 7) is 10.8. The highest BCUT2D eigenvalue weighted by Gasteiger charge is 2.20. The first-order valence-electron chi connectivity index (χ1n) is 6.29. The van der Waals surface area contributed by atoms with Crippen LogP contribution in [-0.4, -0.2) is 29.1 Å². The van der Waals surface area contributed by atoms with E-state index >= 15 is 0 Å². The van der Waals surface area contributed by atoms with Gasteiger partial charge in [-0.05, 0) is 45.0 Å². The minimum atomic E-state index is -0.263. The summed E-state index contributed by atoms with van der Waals surface area (Å²) in [6, 6.07) is 6.20. The standard InChI is InChI=1S/C15H20FNOS/c1-5-17(10-11(2)3)15(18)12(4)19-14-8-6-13(16)7-9-14/h6-9,12H,2,5,10H2,1,3-4H3. The molecule has 0 aliphatic heterocycles. The van der Waals surface area contributed by atoms with E-state index in [1.165, 1.54) is 23.9 Å². The summed E-state index contributed by atoms with van der Waals surface area (Å²) in [4.78, 5) is 14.9. The molecule has 0 N–H and O–H groups in total. The summed E-state index contributed by atoms with van der Waals surface area (Å²) in [6.07, 6.45) is 0. The lowest BCUT2D eigenvalue weighted by molar-refractivity contribution is -0.129. The number of carbonyl (C=O) groups excluding carboxylic acids is 1. The lowest BCUT2D eigenvalue weighted by Crippen LogP contribution is -2.37. The Hall–Kier alpha value is -1.29. The van der Waals surface area contributed by atoms with Crippen molar-refractivity contribution < 1.29 is 9.18 Å². The number of likely N-dealkylation sites (N-methyl/N-ethyl adjacent to an activating group) is 1. The van der Waals surface area contributed by atoms with Gasteiger partial charge in [-0.2, -0.15) is 0 Å². The van der Waals surface area contributed by atoms with E-state index in [-0.39, 0.29) is 17.0 Å². The van der Waals surface area contributed by atoms with Crippen molar-refractivity contribution in [1.82, 2.24) is 4.90 Å². The van der Waals surface area contributed by atoms with Gasteiger partial charge in [-0.15, -0.1) is 11.8 Å². The highest BCUT2D eigenvalue weighted by atomic mass is 32.2. The summed E-state index contributed by atoms with van der Waals surface area (Å²) in [5, 5.41) is -0.190. The van der Waals surface area contributed by atoms with Crippen molar-refractivity contribution in [3.8, 4) is 0 Å². The van der Waals surface area contributed by atoms with Gasteiger partial charge in [0.2, 0.25) is 5.91 Å². The number of thioether (sulfide) groups is 1. The monoisotopic (exact) mass is 281 g/mol. The predicted octanol–water partition coefficient (Wildman–Crippen LogP) is 3.73. The van der Waals surface area contributed by atoms with Gasteiger partial charge >= 0.3 is 0 Å². The van der Waals surface area contributed by atoms with Gasteiger partial charge in [-0.1, -0.05) is 12.2 Å². The van der Waals surface area contributed by atoms with E-state index in [0.717, 1.165) is 10.5 Å². The summed E-state index contributed by atoms with van der Waals surface area (Å²) in [5.41, 5.74) is 0.967. The Kier molecular flexibility index (Phi) is 6.09. The molecule has 0 heterocycles. The Morgan fingerprint density at radius 3 is 2.47 bits per heavy atom. The van der Waals surface area contributed by atoms with Crippen LogP contribution in [0, 0.1) is 5.82 Å². The van der Waals surface area contributed by atoms with Gasteiger partial charge < -0.3 is 4.90 Å². The first-order chi connectivity index (χ1) is 8.93. The maximum atomic E-state index is 12.8. The number of carbonyl (C=O) groups is 1. The molecular formula is C15H20FNOS. The van der Waals surface area contributed by atoms with E-state index < -0.39 is 0 Å². The summed E-state index contributed by atoms with van der Waals surface area (Å²) >= 11 is 1.44. The number of nitrogens with zero attached hydrogens (tertiary/aromatic N) is 1. The molecule has 0 fully saturated rings. The predicted molar refractivity (Wildman–Crippen MR) is 78.8 cm³/mol. The van der Waals surface area contributed by atoms with Gasteiger partial charge in [0.25, 0.3) is 0 Å². The minimum absolute atomic E-state index is 0.0832. The smallest absolute Gasteiger partial charge is 0.236 e. The first kappa shape index (κ1) is 15.8. The van der Waals surface area contributed by atoms with E-state index in [9.17, 15) is 9.18 Å². The van der Waals surface area contributed by atoms with Crippen LogP contribution in [-0.2, 0) is 4.79 Å². The molecular weight excluding hydrogens is 261 g/mol. The molecule has 2 nitrogen and oxygen atoms in total. The number of rotatable bonds is 6. The summed E-state index contributed by atoms with van der Waals surface area (Å²) < 4.78 is 12.8. The highest BCUT2D eigenvalue weighted by molar-refractivity contribution is 8.00. The Bertz CT molecular complexity index is 444. The summed E-state index contributed by atoms with van der Waals surface area (Å²) in [7, 11) is 0. The average Bonchev–Trinajstić information content (AvgIpc) is 2.37. The van der Waals surface area contributed by atoms with Crippen molar-refractivity contribution in [3.63, 3.8) is 0 Å². The van der Waals surface area contributed by atoms with Crippen molar-refractivity contribution in [2.24, 2.45) is 0 Å². The van der Waals surface area contributed by atoms with Crippen molar-refractivity contribution in [2.45, 2.75) is 30.9 Å². The van der Waals surface area contributed by atoms with Crippen molar-refractivity contribution >= 4 is 17.7 Å². The van der Waals surface area contributed by atoms with E-state index in [1.807, 2.05) is 20.8 Å². The zero-order valence-corrected chi connectivity index (χ0v) is 12.5. The van der Waals surface area contributed by atoms with Crippen molar-refractivity contribution in [1.29, 1.82) is 0 Å². The number of halogens is 1. The van der Waals surface area contributed by atoms with Crippen molar-refractivity contribution in [3.05, 3.63) is 42.2 Å². The molecule has 0 aromatic heterocycles. The van der Waals surface area contributed by atoms with Crippen LogP contribution in [0.15, 0.2) is 41.3 Å². The minimum Gasteiger partial charge on any atom is -0.338 e. The molecule has 0 saturated carbocycles. The fourth-order valence-electron chi connectivity index (χ4n) is 1.70. The second-order valence-corrected chi connectivity index (χ2v) is 5.94. The average molecular weight is 281 g/mol. The van der Waals surface area contributed by atoms with Gasteiger partial charge in [0, 0.05) is 18.0 Å². The third-order valence-electron chi connectivity index (χ3n) is 2.63. The fraction of sp³-hybridized carbons (Fsp3) is 0.400. The molecule has 0 aliphatic carbocycles. The van der Waals surface area contributed by atoms with Crippen molar-refractivity contribution in [2.75, 3.05) is 13.1 Å². The first-order valence-corrected chi connectivity index (χ1v) is 7.17. The Balaban J connectivity index is 2.65. The lowest BCUT2D eigenvalue weighted by atomic mass is 10.3. The maximum absolute atomic E-state index is 12.8. The van der Waals surface area contributed by atoms with E-state index in [4.69, 9.17) is 0 Å². The van der Waals surface area contributed by atoms with E-state index in [1.54, 1.807) is 17.0 Å². The van der Waals surface area contributed by atoms with Gasteiger partial charge in [0.05, 0.1) is 5.25 Å².